The molecule has 3 aromatic rings. The number of benzene rings is 1. The van der Waals surface area contributed by atoms with Gasteiger partial charge < -0.3 is 9.73 Å². The predicted octanol–water partition coefficient (Wildman–Crippen LogP) is 2.45. The highest BCUT2D eigenvalue weighted by Gasteiger charge is 2.28. The lowest BCUT2D eigenvalue weighted by molar-refractivity contribution is 0.533. The van der Waals surface area contributed by atoms with E-state index in [4.69, 9.17) is 4.42 Å². The normalized spacial score (nSPS) is 14.8. The molecule has 0 spiro atoms. The average molecular weight is 269 g/mol. The van der Waals surface area contributed by atoms with E-state index in [-0.39, 0.29) is 0 Å². The molecule has 1 aliphatic carbocycles. The highest BCUT2D eigenvalue weighted by atomic mass is 16.3. The second-order valence-electron chi connectivity index (χ2n) is 5.25. The molecular formula is C14H15N5O. The van der Waals surface area contributed by atoms with Crippen molar-refractivity contribution in [1.29, 1.82) is 0 Å². The molecule has 1 aliphatic rings. The first-order valence-corrected chi connectivity index (χ1v) is 6.77. The standard InChI is InChI=1S/C14H15N5O/c1-19-8-11(17-18-19)7-15-10-4-5-13-12(6-10)16-14(20-13)9-2-3-9/h4-6,8-9,15H,2-3,7H2,1H3. The quantitative estimate of drug-likeness (QED) is 0.787. The van der Waals surface area contributed by atoms with E-state index in [0.717, 1.165) is 28.4 Å². The van der Waals surface area contributed by atoms with Gasteiger partial charge in [-0.05, 0) is 31.0 Å². The van der Waals surface area contributed by atoms with Crippen molar-refractivity contribution in [2.45, 2.75) is 25.3 Å². The topological polar surface area (TPSA) is 68.8 Å². The van der Waals surface area contributed by atoms with E-state index in [0.29, 0.717) is 12.5 Å². The number of aryl methyl sites for hydroxylation is 1. The summed E-state index contributed by atoms with van der Waals surface area (Å²) in [6, 6.07) is 5.98. The van der Waals surface area contributed by atoms with Crippen LogP contribution in [0.25, 0.3) is 11.1 Å². The van der Waals surface area contributed by atoms with Crippen LogP contribution in [0.1, 0.15) is 30.3 Å². The van der Waals surface area contributed by atoms with E-state index in [1.807, 2.05) is 31.4 Å². The average Bonchev–Trinajstić information content (AvgIpc) is 3.08. The minimum atomic E-state index is 0.540. The van der Waals surface area contributed by atoms with Gasteiger partial charge in [-0.3, -0.25) is 4.68 Å². The molecule has 102 valence electrons. The van der Waals surface area contributed by atoms with E-state index >= 15 is 0 Å². The first-order chi connectivity index (χ1) is 9.78. The Balaban J connectivity index is 1.54. The molecule has 0 atom stereocenters. The summed E-state index contributed by atoms with van der Waals surface area (Å²) >= 11 is 0. The van der Waals surface area contributed by atoms with Gasteiger partial charge in [-0.1, -0.05) is 5.21 Å². The number of oxazole rings is 1. The highest BCUT2D eigenvalue weighted by molar-refractivity contribution is 5.77. The molecule has 4 rings (SSSR count). The zero-order valence-corrected chi connectivity index (χ0v) is 11.2. The summed E-state index contributed by atoms with van der Waals surface area (Å²) in [6.07, 6.45) is 4.29. The third-order valence-electron chi connectivity index (χ3n) is 3.45. The van der Waals surface area contributed by atoms with Gasteiger partial charge in [-0.15, -0.1) is 5.10 Å². The van der Waals surface area contributed by atoms with Gasteiger partial charge in [0.2, 0.25) is 0 Å². The smallest absolute Gasteiger partial charge is 0.198 e. The first-order valence-electron chi connectivity index (χ1n) is 6.77. The van der Waals surface area contributed by atoms with Gasteiger partial charge in [0.05, 0.1) is 6.54 Å². The van der Waals surface area contributed by atoms with E-state index in [1.165, 1.54) is 12.8 Å². The van der Waals surface area contributed by atoms with Gasteiger partial charge in [0.25, 0.3) is 0 Å². The van der Waals surface area contributed by atoms with Crippen LogP contribution >= 0.6 is 0 Å². The fourth-order valence-electron chi connectivity index (χ4n) is 2.23. The maximum absolute atomic E-state index is 5.75. The third kappa shape index (κ3) is 2.13. The van der Waals surface area contributed by atoms with Crippen molar-refractivity contribution >= 4 is 16.8 Å². The van der Waals surface area contributed by atoms with Crippen LogP contribution in [0.15, 0.2) is 28.8 Å². The monoisotopic (exact) mass is 269 g/mol. The Kier molecular flexibility index (Phi) is 2.48. The Bertz CT molecular complexity index is 756. The molecule has 1 saturated carbocycles. The molecule has 0 unspecified atom stereocenters. The number of hydrogen-bond donors (Lipinski definition) is 1. The SMILES string of the molecule is Cn1cc(CNc2ccc3oc(C4CC4)nc3c2)nn1. The van der Waals surface area contributed by atoms with Crippen molar-refractivity contribution in [2.24, 2.45) is 7.05 Å². The Morgan fingerprint density at radius 3 is 3.05 bits per heavy atom. The number of fused-ring (bicyclic) bond motifs is 1. The second-order valence-corrected chi connectivity index (χ2v) is 5.25. The molecule has 2 heterocycles. The number of anilines is 1. The van der Waals surface area contributed by atoms with Crippen LogP contribution in [0.2, 0.25) is 0 Å². The summed E-state index contributed by atoms with van der Waals surface area (Å²) in [5.74, 6) is 1.42. The number of hydrogen-bond acceptors (Lipinski definition) is 5. The molecule has 1 aromatic carbocycles. The van der Waals surface area contributed by atoms with Crippen LogP contribution < -0.4 is 5.32 Å². The number of nitrogens with zero attached hydrogens (tertiary/aromatic N) is 4. The van der Waals surface area contributed by atoms with Crippen LogP contribution in [0.5, 0.6) is 0 Å². The summed E-state index contributed by atoms with van der Waals surface area (Å²) in [5, 5.41) is 11.3. The molecule has 6 nitrogen and oxygen atoms in total. The van der Waals surface area contributed by atoms with Gasteiger partial charge in [-0.25, -0.2) is 4.98 Å². The summed E-state index contributed by atoms with van der Waals surface area (Å²) in [6.45, 7) is 0.646. The number of aromatic nitrogens is 4. The minimum absolute atomic E-state index is 0.540. The van der Waals surface area contributed by atoms with Crippen LogP contribution in [0.3, 0.4) is 0 Å². The maximum atomic E-state index is 5.75. The zero-order valence-electron chi connectivity index (χ0n) is 11.2. The van der Waals surface area contributed by atoms with Crippen LogP contribution in [-0.2, 0) is 13.6 Å². The molecule has 20 heavy (non-hydrogen) atoms. The lowest BCUT2D eigenvalue weighted by Crippen LogP contribution is -1.99. The zero-order chi connectivity index (χ0) is 13.5. The van der Waals surface area contributed by atoms with Gasteiger partial charge in [0.15, 0.2) is 11.5 Å². The minimum Gasteiger partial charge on any atom is -0.440 e. The molecule has 0 amide bonds. The molecule has 0 saturated heterocycles. The first kappa shape index (κ1) is 11.5. The van der Waals surface area contributed by atoms with Crippen molar-refractivity contribution in [3.05, 3.63) is 36.0 Å². The van der Waals surface area contributed by atoms with Crippen molar-refractivity contribution in [3.8, 4) is 0 Å². The largest absolute Gasteiger partial charge is 0.440 e. The van der Waals surface area contributed by atoms with Crippen molar-refractivity contribution in [3.63, 3.8) is 0 Å². The van der Waals surface area contributed by atoms with Gasteiger partial charge in [-0.2, -0.15) is 0 Å². The fourth-order valence-corrected chi connectivity index (χ4v) is 2.23. The molecule has 0 bridgehead atoms. The van der Waals surface area contributed by atoms with Crippen LogP contribution in [-0.4, -0.2) is 20.0 Å². The number of nitrogens with one attached hydrogen (secondary N) is 1. The Morgan fingerprint density at radius 1 is 1.40 bits per heavy atom. The molecule has 1 N–H and O–H groups in total. The summed E-state index contributed by atoms with van der Waals surface area (Å²) < 4.78 is 7.44. The van der Waals surface area contributed by atoms with Crippen molar-refractivity contribution < 1.29 is 4.42 Å². The Labute approximate surface area is 115 Å². The number of rotatable bonds is 4. The molecule has 0 radical (unpaired) electrons. The third-order valence-corrected chi connectivity index (χ3v) is 3.45. The highest BCUT2D eigenvalue weighted by Crippen LogP contribution is 2.40. The van der Waals surface area contributed by atoms with E-state index in [1.54, 1.807) is 4.68 Å². The molecule has 6 heteroatoms. The lowest BCUT2D eigenvalue weighted by atomic mass is 10.3. The lowest BCUT2D eigenvalue weighted by Gasteiger charge is -2.02. The molecule has 1 fully saturated rings. The molecule has 2 aromatic heterocycles. The van der Waals surface area contributed by atoms with Crippen molar-refractivity contribution in [2.75, 3.05) is 5.32 Å². The predicted molar refractivity (Wildman–Crippen MR) is 74.3 cm³/mol. The van der Waals surface area contributed by atoms with E-state index < -0.39 is 0 Å². The summed E-state index contributed by atoms with van der Waals surface area (Å²) in [4.78, 5) is 4.56. The van der Waals surface area contributed by atoms with Gasteiger partial charge >= 0.3 is 0 Å². The molecular weight excluding hydrogens is 254 g/mol. The maximum Gasteiger partial charge on any atom is 0.198 e. The fraction of sp³-hybridized carbons (Fsp3) is 0.357. The molecule has 0 aliphatic heterocycles. The van der Waals surface area contributed by atoms with Gasteiger partial charge in [0.1, 0.15) is 11.2 Å². The van der Waals surface area contributed by atoms with Crippen molar-refractivity contribution in [1.82, 2.24) is 20.0 Å². The van der Waals surface area contributed by atoms with Gasteiger partial charge in [0, 0.05) is 24.8 Å². The summed E-state index contributed by atoms with van der Waals surface area (Å²) in [7, 11) is 1.86. The van der Waals surface area contributed by atoms with Crippen LogP contribution in [0, 0.1) is 0 Å². The Morgan fingerprint density at radius 2 is 2.30 bits per heavy atom. The van der Waals surface area contributed by atoms with E-state index in [2.05, 4.69) is 20.6 Å². The second kappa shape index (κ2) is 4.33. The van der Waals surface area contributed by atoms with Crippen LogP contribution in [0.4, 0.5) is 5.69 Å². The van der Waals surface area contributed by atoms with E-state index in [9.17, 15) is 0 Å². The Hall–Kier alpha value is -2.37. The summed E-state index contributed by atoms with van der Waals surface area (Å²) in [5.41, 5.74) is 3.69.